The second-order valence-electron chi connectivity index (χ2n) is 10.8. The molecule has 232 valence electrons. The third kappa shape index (κ3) is 8.35. The van der Waals surface area contributed by atoms with E-state index in [1.807, 2.05) is 0 Å². The van der Waals surface area contributed by atoms with Crippen LogP contribution in [-0.2, 0) is 36.8 Å². The lowest BCUT2D eigenvalue weighted by Gasteiger charge is -2.27. The van der Waals surface area contributed by atoms with Crippen LogP contribution >= 0.6 is 0 Å². The standard InChI is InChI=1S/C28H36N6O9/c1-28(2,3)43-27(39)29-10-13-40-15-16-41-14-11-33-18(17-30-32-33)9-12-42-21-6-4-5-19-23(21)26(38)34(25(19)37)20-7-8-22(35)31-24(20)36/h4-6,17,20H,7-16H2,1-3H3,(H,29,39)(H,31,35,36). The Kier molecular flexibility index (Phi) is 10.4. The fourth-order valence-electron chi connectivity index (χ4n) is 4.54. The third-order valence-electron chi connectivity index (χ3n) is 6.48. The number of aromatic nitrogens is 3. The number of imide groups is 2. The van der Waals surface area contributed by atoms with Gasteiger partial charge in [-0.2, -0.15) is 0 Å². The van der Waals surface area contributed by atoms with Crippen molar-refractivity contribution in [3.8, 4) is 5.75 Å². The molecule has 2 N–H and O–H groups in total. The summed E-state index contributed by atoms with van der Waals surface area (Å²) in [6, 6.07) is 3.67. The number of nitrogens with one attached hydrogen (secondary N) is 2. The zero-order valence-electron chi connectivity index (χ0n) is 24.4. The van der Waals surface area contributed by atoms with Gasteiger partial charge < -0.3 is 24.3 Å². The molecule has 1 unspecified atom stereocenters. The van der Waals surface area contributed by atoms with E-state index in [0.717, 1.165) is 10.6 Å². The molecule has 0 saturated carbocycles. The summed E-state index contributed by atoms with van der Waals surface area (Å²) >= 11 is 0. The maximum Gasteiger partial charge on any atom is 0.407 e. The summed E-state index contributed by atoms with van der Waals surface area (Å²) in [4.78, 5) is 62.5. The van der Waals surface area contributed by atoms with E-state index in [4.69, 9.17) is 18.9 Å². The molecule has 1 saturated heterocycles. The van der Waals surface area contributed by atoms with Gasteiger partial charge in [-0.1, -0.05) is 11.3 Å². The van der Waals surface area contributed by atoms with Crippen LogP contribution in [-0.4, -0.2) is 101 Å². The Morgan fingerprint density at radius 3 is 2.56 bits per heavy atom. The van der Waals surface area contributed by atoms with Gasteiger partial charge in [0.15, 0.2) is 0 Å². The molecule has 15 heteroatoms. The van der Waals surface area contributed by atoms with Crippen LogP contribution < -0.4 is 15.4 Å². The zero-order valence-corrected chi connectivity index (χ0v) is 24.4. The predicted molar refractivity (Wildman–Crippen MR) is 148 cm³/mol. The second-order valence-corrected chi connectivity index (χ2v) is 10.8. The van der Waals surface area contributed by atoms with Crippen LogP contribution in [0.1, 0.15) is 60.0 Å². The minimum atomic E-state index is -1.05. The summed E-state index contributed by atoms with van der Waals surface area (Å²) in [5.74, 6) is -2.09. The number of carbonyl (C=O) groups excluding carboxylic acids is 5. The molecule has 0 aliphatic carbocycles. The van der Waals surface area contributed by atoms with Gasteiger partial charge in [-0.15, -0.1) is 5.10 Å². The monoisotopic (exact) mass is 600 g/mol. The van der Waals surface area contributed by atoms with Gasteiger partial charge >= 0.3 is 6.09 Å². The molecule has 43 heavy (non-hydrogen) atoms. The lowest BCUT2D eigenvalue weighted by molar-refractivity contribution is -0.136. The van der Waals surface area contributed by atoms with Gasteiger partial charge in [0.05, 0.1) is 62.6 Å². The van der Waals surface area contributed by atoms with E-state index in [9.17, 15) is 24.0 Å². The SMILES string of the molecule is CC(C)(C)OC(=O)NCCOCCOCCn1nncc1CCOc1cccc2c1C(=O)N(C1CCC(=O)NC1=O)C2=O. The number of benzene rings is 1. The van der Waals surface area contributed by atoms with Crippen molar-refractivity contribution in [1.82, 2.24) is 30.5 Å². The summed E-state index contributed by atoms with van der Waals surface area (Å²) in [5, 5.41) is 12.8. The molecule has 0 bridgehead atoms. The Labute approximate surface area is 248 Å². The molecule has 15 nitrogen and oxygen atoms in total. The highest BCUT2D eigenvalue weighted by Gasteiger charge is 2.46. The second kappa shape index (κ2) is 14.2. The molecule has 3 heterocycles. The van der Waals surface area contributed by atoms with Crippen molar-refractivity contribution >= 4 is 29.7 Å². The van der Waals surface area contributed by atoms with Gasteiger partial charge in [0.1, 0.15) is 17.4 Å². The Bertz CT molecular complexity index is 1350. The van der Waals surface area contributed by atoms with E-state index < -0.39 is 41.4 Å². The molecule has 0 spiro atoms. The maximum atomic E-state index is 13.2. The number of alkyl carbamates (subject to hydrolysis) is 1. The van der Waals surface area contributed by atoms with Crippen molar-refractivity contribution in [2.24, 2.45) is 0 Å². The lowest BCUT2D eigenvalue weighted by Crippen LogP contribution is -2.54. The molecular weight excluding hydrogens is 564 g/mol. The van der Waals surface area contributed by atoms with Crippen LogP contribution in [0.15, 0.2) is 24.4 Å². The first-order chi connectivity index (χ1) is 20.5. The third-order valence-corrected chi connectivity index (χ3v) is 6.48. The van der Waals surface area contributed by atoms with E-state index in [-0.39, 0.29) is 36.3 Å². The Balaban J connectivity index is 1.18. The topological polar surface area (TPSA) is 180 Å². The maximum absolute atomic E-state index is 13.2. The summed E-state index contributed by atoms with van der Waals surface area (Å²) in [5.41, 5.74) is 0.482. The molecule has 2 aliphatic rings. The predicted octanol–water partition coefficient (Wildman–Crippen LogP) is 0.859. The van der Waals surface area contributed by atoms with Gasteiger partial charge in [0, 0.05) is 19.4 Å². The largest absolute Gasteiger partial charge is 0.492 e. The van der Waals surface area contributed by atoms with E-state index in [0.29, 0.717) is 45.9 Å². The Morgan fingerprint density at radius 1 is 1.05 bits per heavy atom. The normalized spacial score (nSPS) is 16.7. The number of hydrogen-bond acceptors (Lipinski definition) is 11. The first-order valence-corrected chi connectivity index (χ1v) is 14.0. The molecule has 1 atom stereocenters. The first kappa shape index (κ1) is 31.6. The molecule has 1 aromatic carbocycles. The number of carbonyl (C=O) groups is 5. The number of nitrogens with zero attached hydrogens (tertiary/aromatic N) is 4. The Morgan fingerprint density at radius 2 is 1.81 bits per heavy atom. The number of rotatable bonds is 14. The lowest BCUT2D eigenvalue weighted by atomic mass is 10.0. The summed E-state index contributed by atoms with van der Waals surface area (Å²) in [6.45, 7) is 7.75. The van der Waals surface area contributed by atoms with Crippen molar-refractivity contribution in [3.63, 3.8) is 0 Å². The number of fused-ring (bicyclic) bond motifs is 1. The quantitative estimate of drug-likeness (QED) is 0.232. The number of amides is 5. The highest BCUT2D eigenvalue weighted by Crippen LogP contribution is 2.33. The minimum Gasteiger partial charge on any atom is -0.492 e. The minimum absolute atomic E-state index is 0.0444. The van der Waals surface area contributed by atoms with E-state index in [2.05, 4.69) is 20.9 Å². The molecule has 0 radical (unpaired) electrons. The molecule has 2 aromatic rings. The fraction of sp³-hybridized carbons (Fsp3) is 0.536. The van der Waals surface area contributed by atoms with Crippen LogP contribution in [0.4, 0.5) is 4.79 Å². The average molecular weight is 601 g/mol. The fourth-order valence-corrected chi connectivity index (χ4v) is 4.54. The summed E-state index contributed by atoms with van der Waals surface area (Å²) in [7, 11) is 0. The van der Waals surface area contributed by atoms with E-state index >= 15 is 0 Å². The molecule has 2 aliphatic heterocycles. The van der Waals surface area contributed by atoms with E-state index in [1.165, 1.54) is 6.07 Å². The highest BCUT2D eigenvalue weighted by atomic mass is 16.6. The van der Waals surface area contributed by atoms with Crippen molar-refractivity contribution in [2.45, 2.75) is 58.2 Å². The number of ether oxygens (including phenoxy) is 4. The smallest absolute Gasteiger partial charge is 0.407 e. The highest BCUT2D eigenvalue weighted by molar-refractivity contribution is 6.24. The van der Waals surface area contributed by atoms with Crippen molar-refractivity contribution in [2.75, 3.05) is 39.6 Å². The van der Waals surface area contributed by atoms with Crippen molar-refractivity contribution in [1.29, 1.82) is 0 Å². The molecule has 1 aromatic heterocycles. The van der Waals surface area contributed by atoms with Crippen LogP contribution in [0.5, 0.6) is 5.75 Å². The number of hydrogen-bond donors (Lipinski definition) is 2. The average Bonchev–Trinajstić information content (AvgIpc) is 3.49. The molecule has 5 amide bonds. The Hall–Kier alpha value is -4.37. The van der Waals surface area contributed by atoms with Crippen LogP contribution in [0.3, 0.4) is 0 Å². The first-order valence-electron chi connectivity index (χ1n) is 14.0. The van der Waals surface area contributed by atoms with E-state index in [1.54, 1.807) is 43.8 Å². The molecule has 4 rings (SSSR count). The van der Waals surface area contributed by atoms with Gasteiger partial charge in [-0.3, -0.25) is 29.4 Å². The zero-order chi connectivity index (χ0) is 31.0. The van der Waals surface area contributed by atoms with Crippen LogP contribution in [0, 0.1) is 0 Å². The van der Waals surface area contributed by atoms with Gasteiger partial charge in [-0.25, -0.2) is 9.48 Å². The van der Waals surface area contributed by atoms with Gasteiger partial charge in [-0.05, 0) is 39.3 Å². The summed E-state index contributed by atoms with van der Waals surface area (Å²) in [6.07, 6.45) is 1.66. The van der Waals surface area contributed by atoms with Gasteiger partial charge in [0.25, 0.3) is 11.8 Å². The van der Waals surface area contributed by atoms with Crippen LogP contribution in [0.2, 0.25) is 0 Å². The molecular formula is C28H36N6O9. The van der Waals surface area contributed by atoms with Crippen molar-refractivity contribution in [3.05, 3.63) is 41.2 Å². The van der Waals surface area contributed by atoms with Crippen LogP contribution in [0.25, 0.3) is 0 Å². The summed E-state index contributed by atoms with van der Waals surface area (Å²) < 4.78 is 23.8. The number of piperidine rings is 1. The molecule has 1 fully saturated rings. The van der Waals surface area contributed by atoms with Gasteiger partial charge in [0.2, 0.25) is 11.8 Å². The van der Waals surface area contributed by atoms with Crippen molar-refractivity contribution < 1.29 is 42.9 Å².